The standard InChI is InChI=1S/C17H24N4/c1-7-19-13(5)14-9-10-21-17(16(14)18-6)15(20-8-2)11-12(3)4/h8-12H,6-7H2,1-5H3/b15-11-,19-13?,20-8?. The first-order valence-electron chi connectivity index (χ1n) is 7.23. The van der Waals surface area contributed by atoms with E-state index in [9.17, 15) is 0 Å². The maximum absolute atomic E-state index is 4.45. The van der Waals surface area contributed by atoms with Gasteiger partial charge in [0.2, 0.25) is 0 Å². The van der Waals surface area contributed by atoms with Gasteiger partial charge in [0.15, 0.2) is 0 Å². The molecule has 1 heterocycles. The third-order valence-electron chi connectivity index (χ3n) is 2.87. The van der Waals surface area contributed by atoms with Gasteiger partial charge in [-0.15, -0.1) is 0 Å². The first-order chi connectivity index (χ1) is 10.0. The number of allylic oxidation sites excluding steroid dienone is 1. The van der Waals surface area contributed by atoms with Gasteiger partial charge in [-0.2, -0.15) is 0 Å². The summed E-state index contributed by atoms with van der Waals surface area (Å²) in [5.41, 5.74) is 4.21. The van der Waals surface area contributed by atoms with Crippen molar-refractivity contribution in [1.29, 1.82) is 0 Å². The second-order valence-corrected chi connectivity index (χ2v) is 4.96. The summed E-state index contributed by atoms with van der Waals surface area (Å²) in [5.74, 6) is 0.372. The quantitative estimate of drug-likeness (QED) is 0.717. The van der Waals surface area contributed by atoms with Crippen LogP contribution in [0.2, 0.25) is 0 Å². The summed E-state index contributed by atoms with van der Waals surface area (Å²) >= 11 is 0. The predicted molar refractivity (Wildman–Crippen MR) is 93.2 cm³/mol. The molecule has 0 atom stereocenters. The largest absolute Gasteiger partial charge is 0.290 e. The molecule has 0 aromatic carbocycles. The van der Waals surface area contributed by atoms with Gasteiger partial charge in [-0.25, -0.2) is 0 Å². The van der Waals surface area contributed by atoms with Crippen molar-refractivity contribution < 1.29 is 0 Å². The Morgan fingerprint density at radius 2 is 2.14 bits per heavy atom. The fourth-order valence-electron chi connectivity index (χ4n) is 2.05. The molecule has 0 saturated carbocycles. The van der Waals surface area contributed by atoms with E-state index in [4.69, 9.17) is 0 Å². The molecular formula is C17H24N4. The fraction of sp³-hybridized carbons (Fsp3) is 0.412. The molecular weight excluding hydrogens is 260 g/mol. The van der Waals surface area contributed by atoms with Crippen LogP contribution in [0, 0.1) is 5.92 Å². The van der Waals surface area contributed by atoms with Gasteiger partial charge in [0.1, 0.15) is 5.69 Å². The molecule has 112 valence electrons. The summed E-state index contributed by atoms with van der Waals surface area (Å²) in [5, 5.41) is 0. The lowest BCUT2D eigenvalue weighted by atomic mass is 10.1. The van der Waals surface area contributed by atoms with E-state index in [1.807, 2.05) is 26.8 Å². The van der Waals surface area contributed by atoms with Crippen molar-refractivity contribution in [3.05, 3.63) is 29.6 Å². The van der Waals surface area contributed by atoms with Gasteiger partial charge in [-0.05, 0) is 39.5 Å². The maximum atomic E-state index is 4.45. The summed E-state index contributed by atoms with van der Waals surface area (Å²) in [6, 6.07) is 1.92. The molecule has 4 heteroatoms. The lowest BCUT2D eigenvalue weighted by molar-refractivity contribution is 0.831. The molecule has 1 aromatic heterocycles. The van der Waals surface area contributed by atoms with Crippen LogP contribution in [0.4, 0.5) is 5.69 Å². The normalized spacial score (nSPS) is 13.2. The van der Waals surface area contributed by atoms with E-state index in [1.54, 1.807) is 12.4 Å². The number of hydrogen-bond donors (Lipinski definition) is 0. The number of aromatic nitrogens is 1. The van der Waals surface area contributed by atoms with Gasteiger partial charge in [0, 0.05) is 30.2 Å². The van der Waals surface area contributed by atoms with Crippen LogP contribution in [0.15, 0.2) is 33.3 Å². The zero-order valence-corrected chi connectivity index (χ0v) is 13.6. The summed E-state index contributed by atoms with van der Waals surface area (Å²) in [7, 11) is 0. The van der Waals surface area contributed by atoms with Crippen molar-refractivity contribution in [2.45, 2.75) is 34.6 Å². The average molecular weight is 284 g/mol. The van der Waals surface area contributed by atoms with E-state index in [1.165, 1.54) is 0 Å². The number of rotatable bonds is 6. The van der Waals surface area contributed by atoms with E-state index in [0.717, 1.165) is 34.9 Å². The van der Waals surface area contributed by atoms with E-state index in [2.05, 4.69) is 46.6 Å². The van der Waals surface area contributed by atoms with Crippen molar-refractivity contribution >= 4 is 30.0 Å². The molecule has 4 nitrogen and oxygen atoms in total. The first kappa shape index (κ1) is 17.0. The first-order valence-corrected chi connectivity index (χ1v) is 7.23. The van der Waals surface area contributed by atoms with Gasteiger partial charge in [-0.3, -0.25) is 20.0 Å². The molecule has 0 aliphatic rings. The Labute approximate surface area is 127 Å². The van der Waals surface area contributed by atoms with Gasteiger partial charge >= 0.3 is 0 Å². The minimum absolute atomic E-state index is 0.372. The molecule has 0 amide bonds. The van der Waals surface area contributed by atoms with Crippen molar-refractivity contribution in [2.24, 2.45) is 20.9 Å². The van der Waals surface area contributed by atoms with Crippen LogP contribution in [0.5, 0.6) is 0 Å². The minimum atomic E-state index is 0.372. The van der Waals surface area contributed by atoms with Crippen LogP contribution >= 0.6 is 0 Å². The molecule has 0 bridgehead atoms. The highest BCUT2D eigenvalue weighted by Crippen LogP contribution is 2.30. The number of aliphatic imine (C=N–C) groups is 3. The molecule has 0 saturated heterocycles. The van der Waals surface area contributed by atoms with Crippen LogP contribution in [0.25, 0.3) is 5.70 Å². The molecule has 0 radical (unpaired) electrons. The van der Waals surface area contributed by atoms with Crippen molar-refractivity contribution in [3.8, 4) is 0 Å². The van der Waals surface area contributed by atoms with Crippen LogP contribution < -0.4 is 0 Å². The minimum Gasteiger partial charge on any atom is -0.290 e. The molecule has 0 spiro atoms. The molecule has 1 aromatic rings. The molecule has 0 aliphatic carbocycles. The van der Waals surface area contributed by atoms with Gasteiger partial charge in [0.25, 0.3) is 0 Å². The number of nitrogens with zero attached hydrogens (tertiary/aromatic N) is 4. The molecule has 1 rings (SSSR count). The third-order valence-corrected chi connectivity index (χ3v) is 2.87. The molecule has 0 aliphatic heterocycles. The predicted octanol–water partition coefficient (Wildman–Crippen LogP) is 4.33. The lowest BCUT2D eigenvalue weighted by Gasteiger charge is -2.11. The third kappa shape index (κ3) is 4.45. The summed E-state index contributed by atoms with van der Waals surface area (Å²) in [6.45, 7) is 14.5. The van der Waals surface area contributed by atoms with E-state index < -0.39 is 0 Å². The Morgan fingerprint density at radius 3 is 2.67 bits per heavy atom. The van der Waals surface area contributed by atoms with Crippen LogP contribution in [0.1, 0.15) is 45.9 Å². The zero-order valence-electron chi connectivity index (χ0n) is 13.6. The van der Waals surface area contributed by atoms with E-state index in [-0.39, 0.29) is 0 Å². The van der Waals surface area contributed by atoms with Crippen LogP contribution in [-0.2, 0) is 0 Å². The van der Waals surface area contributed by atoms with Crippen LogP contribution in [-0.4, -0.2) is 30.2 Å². The summed E-state index contributed by atoms with van der Waals surface area (Å²) in [4.78, 5) is 17.5. The second-order valence-electron chi connectivity index (χ2n) is 4.96. The van der Waals surface area contributed by atoms with Crippen molar-refractivity contribution in [2.75, 3.05) is 6.54 Å². The Kier molecular flexibility index (Phi) is 6.66. The summed E-state index contributed by atoms with van der Waals surface area (Å²) in [6.07, 6.45) is 5.61. The topological polar surface area (TPSA) is 50.0 Å². The summed E-state index contributed by atoms with van der Waals surface area (Å²) < 4.78 is 0. The molecule has 0 unspecified atom stereocenters. The van der Waals surface area contributed by atoms with Gasteiger partial charge in [-0.1, -0.05) is 19.9 Å². The monoisotopic (exact) mass is 284 g/mol. The molecule has 0 fully saturated rings. The molecule has 0 N–H and O–H groups in total. The van der Waals surface area contributed by atoms with Crippen molar-refractivity contribution in [1.82, 2.24) is 4.98 Å². The number of pyridine rings is 1. The molecule has 21 heavy (non-hydrogen) atoms. The number of hydrogen-bond acceptors (Lipinski definition) is 4. The van der Waals surface area contributed by atoms with E-state index in [0.29, 0.717) is 5.92 Å². The SMILES string of the molecule is C=Nc1c(C(C)=NCC)ccnc1/C(=C/C(C)C)N=CC. The zero-order chi connectivity index (χ0) is 15.8. The Morgan fingerprint density at radius 1 is 1.43 bits per heavy atom. The average Bonchev–Trinajstić information content (AvgIpc) is 2.45. The maximum Gasteiger partial charge on any atom is 0.115 e. The van der Waals surface area contributed by atoms with Crippen LogP contribution in [0.3, 0.4) is 0 Å². The Hall–Kier alpha value is -2.10. The Bertz CT molecular complexity index is 580. The van der Waals surface area contributed by atoms with Gasteiger partial charge in [0.05, 0.1) is 11.4 Å². The smallest absolute Gasteiger partial charge is 0.115 e. The highest BCUT2D eigenvalue weighted by Gasteiger charge is 2.14. The Balaban J connectivity index is 3.53. The second kappa shape index (κ2) is 8.25. The highest BCUT2D eigenvalue weighted by atomic mass is 14.9. The van der Waals surface area contributed by atoms with Gasteiger partial charge < -0.3 is 0 Å². The highest BCUT2D eigenvalue weighted by molar-refractivity contribution is 6.04. The van der Waals surface area contributed by atoms with E-state index >= 15 is 0 Å². The lowest BCUT2D eigenvalue weighted by Crippen LogP contribution is -2.01. The fourth-order valence-corrected chi connectivity index (χ4v) is 2.05. The van der Waals surface area contributed by atoms with Crippen molar-refractivity contribution in [3.63, 3.8) is 0 Å².